The molecule has 4 aromatic carbocycles. The molecule has 0 fully saturated rings. The number of quaternary nitrogens is 1. The van der Waals surface area contributed by atoms with Crippen LogP contribution in [0, 0.1) is 0 Å². The Morgan fingerprint density at radius 2 is 1.43 bits per heavy atom. The molecule has 1 aliphatic rings. The van der Waals surface area contributed by atoms with Crippen LogP contribution in [0.2, 0.25) is 0 Å². The predicted octanol–water partition coefficient (Wildman–Crippen LogP) is 4.01. The molecule has 0 radical (unpaired) electrons. The summed E-state index contributed by atoms with van der Waals surface area (Å²) in [5.74, 6) is -0.714. The first-order valence-electron chi connectivity index (χ1n) is 17.6. The summed E-state index contributed by atoms with van der Waals surface area (Å²) in [7, 11) is 4.56. The minimum Gasteiger partial charge on any atom is -0.496 e. The van der Waals surface area contributed by atoms with E-state index in [0.717, 1.165) is 44.7 Å². The summed E-state index contributed by atoms with van der Waals surface area (Å²) in [6, 6.07) is 17.4. The lowest BCUT2D eigenvalue weighted by Crippen LogP contribution is -2.56. The van der Waals surface area contributed by atoms with Crippen molar-refractivity contribution in [2.24, 2.45) is 0 Å². The summed E-state index contributed by atoms with van der Waals surface area (Å²) in [6.07, 6.45) is 4.10. The Hall–Kier alpha value is -5.16. The van der Waals surface area contributed by atoms with Gasteiger partial charge in [0.05, 0.1) is 27.9 Å². The minimum atomic E-state index is -1.05. The van der Waals surface area contributed by atoms with E-state index < -0.39 is 41.8 Å². The number of hydrogen-bond donors (Lipinski definition) is 4. The Morgan fingerprint density at radius 1 is 0.824 bits per heavy atom. The van der Waals surface area contributed by atoms with Crippen LogP contribution in [-0.2, 0) is 36.8 Å². The van der Waals surface area contributed by atoms with Crippen molar-refractivity contribution < 1.29 is 39.1 Å². The van der Waals surface area contributed by atoms with Crippen LogP contribution in [0.15, 0.2) is 60.7 Å². The molecule has 0 saturated heterocycles. The highest BCUT2D eigenvalue weighted by Gasteiger charge is 2.32. The molecule has 4 aromatic rings. The lowest BCUT2D eigenvalue weighted by atomic mass is 9.86. The minimum absolute atomic E-state index is 0.0738. The second-order valence-electron chi connectivity index (χ2n) is 13.0. The lowest BCUT2D eigenvalue weighted by molar-refractivity contribution is -0.368. The number of amides is 3. The SMILES string of the molecule is COC(=O)[C@@H]1CCCCc2cc3ccccc3c(c2OC)-c2c(OC)c(cc3ccccc23)CC(NC(C)=O)C(=O)N[C@H](CCCC[NH3+])C(=O)N1. The fraction of sp³-hybridized carbons (Fsp3) is 0.400. The van der Waals surface area contributed by atoms with Gasteiger partial charge in [-0.15, -0.1) is 0 Å². The van der Waals surface area contributed by atoms with Crippen LogP contribution < -0.4 is 31.2 Å². The standard InChI is InChI=1S/C40H48N4O7/c1-24(45)42-33-23-28-22-26-14-6-9-17-30(26)35(37(28)50-3)34-29-16-8-5-13-25(29)21-27(36(34)49-2)15-7-10-19-32(40(48)51-4)44-38(46)31(43-39(33)47)18-11-12-20-41/h5-6,8-9,13-14,16-17,21-22,31-33H,7,10-12,15,18-20,23,41H2,1-4H3,(H,42,45)(H,43,47)(H,44,46)/p+1/t31-,32+,33?/m1/s1. The van der Waals surface area contributed by atoms with Gasteiger partial charge in [-0.1, -0.05) is 55.0 Å². The largest absolute Gasteiger partial charge is 0.496 e. The van der Waals surface area contributed by atoms with E-state index in [9.17, 15) is 19.2 Å². The number of carbonyl (C=O) groups is 4. The molecule has 1 heterocycles. The normalized spacial score (nSPS) is 18.6. The van der Waals surface area contributed by atoms with Crippen LogP contribution in [0.25, 0.3) is 32.7 Å². The molecule has 3 amide bonds. The van der Waals surface area contributed by atoms with Crippen molar-refractivity contribution in [3.8, 4) is 22.6 Å². The first kappa shape index (κ1) is 37.1. The fourth-order valence-electron chi connectivity index (χ4n) is 7.14. The maximum Gasteiger partial charge on any atom is 0.328 e. The number of rotatable bonds is 8. The van der Waals surface area contributed by atoms with Gasteiger partial charge in [-0.25, -0.2) is 4.79 Å². The highest BCUT2D eigenvalue weighted by atomic mass is 16.5. The summed E-state index contributed by atoms with van der Waals surface area (Å²) in [6.45, 7) is 2.03. The third kappa shape index (κ3) is 8.42. The van der Waals surface area contributed by atoms with Crippen LogP contribution in [-0.4, -0.2) is 69.7 Å². The van der Waals surface area contributed by atoms with Gasteiger partial charge >= 0.3 is 5.97 Å². The quantitative estimate of drug-likeness (QED) is 0.160. The Bertz CT molecular complexity index is 1910. The summed E-state index contributed by atoms with van der Waals surface area (Å²) < 4.78 is 17.5. The van der Waals surface area contributed by atoms with E-state index >= 15 is 0 Å². The van der Waals surface area contributed by atoms with E-state index in [0.29, 0.717) is 62.1 Å². The van der Waals surface area contributed by atoms with E-state index in [4.69, 9.17) is 14.2 Å². The molecule has 6 N–H and O–H groups in total. The predicted molar refractivity (Wildman–Crippen MR) is 196 cm³/mol. The molecule has 0 aromatic heterocycles. The van der Waals surface area contributed by atoms with Gasteiger partial charge < -0.3 is 35.9 Å². The van der Waals surface area contributed by atoms with Crippen LogP contribution in [0.5, 0.6) is 11.5 Å². The van der Waals surface area contributed by atoms with E-state index in [1.165, 1.54) is 14.0 Å². The number of ether oxygens (including phenoxy) is 3. The molecule has 11 nitrogen and oxygen atoms in total. The van der Waals surface area contributed by atoms with Gasteiger partial charge in [-0.3, -0.25) is 14.4 Å². The number of methoxy groups -OCH3 is 3. The number of benzene rings is 4. The first-order chi connectivity index (χ1) is 24.7. The molecule has 3 atom stereocenters. The van der Waals surface area contributed by atoms with Crippen LogP contribution in [0.4, 0.5) is 0 Å². The number of fused-ring (bicyclic) bond motifs is 9. The third-order valence-corrected chi connectivity index (χ3v) is 9.55. The molecule has 1 aliphatic heterocycles. The maximum absolute atomic E-state index is 14.1. The maximum atomic E-state index is 14.1. The monoisotopic (exact) mass is 697 g/mol. The summed E-state index contributed by atoms with van der Waals surface area (Å²) in [5.41, 5.74) is 7.27. The molecule has 0 saturated carbocycles. The van der Waals surface area contributed by atoms with E-state index in [2.05, 4.69) is 39.9 Å². The van der Waals surface area contributed by atoms with Crippen LogP contribution in [0.3, 0.4) is 0 Å². The topological polar surface area (TPSA) is 160 Å². The Balaban J connectivity index is 1.75. The molecule has 0 spiro atoms. The van der Waals surface area contributed by atoms with Gasteiger partial charge in [0.15, 0.2) is 0 Å². The zero-order valence-corrected chi connectivity index (χ0v) is 29.9. The number of nitrogens with one attached hydrogen (secondary N) is 3. The van der Waals surface area contributed by atoms with Gasteiger partial charge in [0.2, 0.25) is 17.7 Å². The molecule has 1 unspecified atom stereocenters. The zero-order chi connectivity index (χ0) is 36.5. The summed E-state index contributed by atoms with van der Waals surface area (Å²) in [5, 5.41) is 12.4. The third-order valence-electron chi connectivity index (χ3n) is 9.55. The smallest absolute Gasteiger partial charge is 0.328 e. The van der Waals surface area contributed by atoms with Crippen molar-refractivity contribution in [1.82, 2.24) is 16.0 Å². The molecule has 0 aliphatic carbocycles. The van der Waals surface area contributed by atoms with Crippen LogP contribution >= 0.6 is 0 Å². The molecule has 270 valence electrons. The summed E-state index contributed by atoms with van der Waals surface area (Å²) in [4.78, 5) is 53.3. The van der Waals surface area contributed by atoms with Crippen molar-refractivity contribution in [3.05, 3.63) is 71.8 Å². The van der Waals surface area contributed by atoms with E-state index in [-0.39, 0.29) is 6.42 Å². The van der Waals surface area contributed by atoms with Gasteiger partial charge in [-0.05, 0) is 83.3 Å². The Morgan fingerprint density at radius 3 is 2.02 bits per heavy atom. The highest BCUT2D eigenvalue weighted by Crippen LogP contribution is 2.48. The van der Waals surface area contributed by atoms with Crippen molar-refractivity contribution in [3.63, 3.8) is 0 Å². The summed E-state index contributed by atoms with van der Waals surface area (Å²) >= 11 is 0. The molecule has 11 heteroatoms. The zero-order valence-electron chi connectivity index (χ0n) is 29.9. The number of aryl methyl sites for hydroxylation is 1. The molecule has 51 heavy (non-hydrogen) atoms. The number of esters is 1. The van der Waals surface area contributed by atoms with Gasteiger partial charge in [0.1, 0.15) is 29.6 Å². The fourth-order valence-corrected chi connectivity index (χ4v) is 7.14. The van der Waals surface area contributed by atoms with Crippen LogP contribution in [0.1, 0.15) is 56.6 Å². The van der Waals surface area contributed by atoms with Gasteiger partial charge in [0, 0.05) is 24.5 Å². The van der Waals surface area contributed by atoms with Crippen molar-refractivity contribution >= 4 is 45.2 Å². The average molecular weight is 698 g/mol. The molecular formula is C40H49N4O7+. The highest BCUT2D eigenvalue weighted by molar-refractivity contribution is 6.11. The molecule has 4 bridgehead atoms. The molecular weight excluding hydrogens is 648 g/mol. The first-order valence-corrected chi connectivity index (χ1v) is 17.6. The van der Waals surface area contributed by atoms with E-state index in [1.807, 2.05) is 42.5 Å². The Labute approximate surface area is 298 Å². The lowest BCUT2D eigenvalue weighted by Gasteiger charge is -2.26. The second kappa shape index (κ2) is 17.2. The second-order valence-corrected chi connectivity index (χ2v) is 13.0. The number of unbranched alkanes of at least 4 members (excludes halogenated alkanes) is 1. The van der Waals surface area contributed by atoms with E-state index in [1.54, 1.807) is 14.2 Å². The number of carbonyl (C=O) groups excluding carboxylic acids is 4. The van der Waals surface area contributed by atoms with Crippen molar-refractivity contribution in [2.75, 3.05) is 27.9 Å². The van der Waals surface area contributed by atoms with Gasteiger partial charge in [0.25, 0.3) is 0 Å². The van der Waals surface area contributed by atoms with Crippen molar-refractivity contribution in [2.45, 2.75) is 76.4 Å². The number of hydrogen-bond acceptors (Lipinski definition) is 7. The average Bonchev–Trinajstić information content (AvgIpc) is 3.13. The molecule has 5 rings (SSSR count). The van der Waals surface area contributed by atoms with Crippen molar-refractivity contribution in [1.29, 1.82) is 0 Å². The van der Waals surface area contributed by atoms with Gasteiger partial charge in [-0.2, -0.15) is 0 Å². The Kier molecular flexibility index (Phi) is 12.5.